The Labute approximate surface area is 182 Å². The van der Waals surface area contributed by atoms with Gasteiger partial charge in [0.1, 0.15) is 15.8 Å². The molecule has 0 fully saturated rings. The van der Waals surface area contributed by atoms with Crippen LogP contribution in [0.2, 0.25) is 0 Å². The van der Waals surface area contributed by atoms with Gasteiger partial charge in [-0.3, -0.25) is 0 Å². The van der Waals surface area contributed by atoms with Crippen molar-refractivity contribution in [2.24, 2.45) is 5.73 Å². The number of alkyl halides is 3. The molecule has 1 aromatic heterocycles. The Bertz CT molecular complexity index is 1020. The van der Waals surface area contributed by atoms with E-state index < -0.39 is 17.3 Å². The minimum Gasteiger partial charge on any atom is -0.493 e. The smallest absolute Gasteiger partial charge is 0.419 e. The molecule has 0 amide bonds. The molecule has 0 saturated carbocycles. The van der Waals surface area contributed by atoms with Crippen LogP contribution in [0.4, 0.5) is 13.2 Å². The average Bonchev–Trinajstić information content (AvgIpc) is 3.25. The fraction of sp³-hybridized carbons (Fsp3) is 0.364. The van der Waals surface area contributed by atoms with Gasteiger partial charge >= 0.3 is 6.18 Å². The first-order valence-electron chi connectivity index (χ1n) is 9.80. The second kappa shape index (κ2) is 9.33. The van der Waals surface area contributed by atoms with Gasteiger partial charge in [0.05, 0.1) is 24.3 Å². The van der Waals surface area contributed by atoms with E-state index in [1.165, 1.54) is 17.7 Å². The molecule has 3 rings (SSSR count). The Morgan fingerprint density at radius 2 is 1.74 bits per heavy atom. The SMILES string of the molecule is CCc1ccc(CCOc2ccc(-c3nnc(C(C)(N)CO)s3)cc2C(F)(F)F)cc1. The zero-order valence-electron chi connectivity index (χ0n) is 17.2. The Morgan fingerprint density at radius 1 is 1.06 bits per heavy atom. The second-order valence-electron chi connectivity index (χ2n) is 7.47. The van der Waals surface area contributed by atoms with Crippen molar-refractivity contribution in [3.8, 4) is 16.3 Å². The summed E-state index contributed by atoms with van der Waals surface area (Å²) in [6.45, 7) is 3.40. The summed E-state index contributed by atoms with van der Waals surface area (Å²) in [5.41, 5.74) is 6.40. The highest BCUT2D eigenvalue weighted by Crippen LogP contribution is 2.39. The molecule has 3 N–H and O–H groups in total. The molecule has 0 radical (unpaired) electrons. The van der Waals surface area contributed by atoms with Gasteiger partial charge in [0.2, 0.25) is 0 Å². The number of ether oxygens (including phenoxy) is 1. The third-order valence-electron chi connectivity index (χ3n) is 4.85. The highest BCUT2D eigenvalue weighted by Gasteiger charge is 2.35. The topological polar surface area (TPSA) is 81.3 Å². The molecule has 0 spiro atoms. The summed E-state index contributed by atoms with van der Waals surface area (Å²) in [5.74, 6) is -0.231. The standard InChI is InChI=1S/C22H24F3N3O2S/c1-3-14-4-6-15(7-5-14)10-11-30-18-9-8-16(12-17(18)22(23,24)25)19-27-28-20(31-19)21(2,26)13-29/h4-9,12,29H,3,10-11,13,26H2,1-2H3. The van der Waals surface area contributed by atoms with Crippen LogP contribution in [0.25, 0.3) is 10.6 Å². The van der Waals surface area contributed by atoms with Gasteiger partial charge in [0, 0.05) is 12.0 Å². The molecule has 31 heavy (non-hydrogen) atoms. The molecular formula is C22H24F3N3O2S. The first-order chi connectivity index (χ1) is 14.6. The maximum Gasteiger partial charge on any atom is 0.419 e. The van der Waals surface area contributed by atoms with Crippen LogP contribution in [0.5, 0.6) is 5.75 Å². The van der Waals surface area contributed by atoms with Crippen molar-refractivity contribution < 1.29 is 23.0 Å². The number of hydrogen-bond donors (Lipinski definition) is 2. The summed E-state index contributed by atoms with van der Waals surface area (Å²) in [7, 11) is 0. The molecule has 1 atom stereocenters. The number of nitrogens with zero attached hydrogens (tertiary/aromatic N) is 2. The quantitative estimate of drug-likeness (QED) is 0.524. The molecule has 0 aliphatic rings. The zero-order valence-corrected chi connectivity index (χ0v) is 18.1. The van der Waals surface area contributed by atoms with E-state index in [0.29, 0.717) is 11.4 Å². The summed E-state index contributed by atoms with van der Waals surface area (Å²) < 4.78 is 46.5. The number of aromatic nitrogens is 2. The van der Waals surface area contributed by atoms with Gasteiger partial charge in [-0.1, -0.05) is 42.5 Å². The van der Waals surface area contributed by atoms with Crippen molar-refractivity contribution in [1.29, 1.82) is 0 Å². The second-order valence-corrected chi connectivity index (χ2v) is 8.44. The Morgan fingerprint density at radius 3 is 2.35 bits per heavy atom. The summed E-state index contributed by atoms with van der Waals surface area (Å²) in [5, 5.41) is 17.8. The molecule has 0 bridgehead atoms. The molecule has 3 aromatic rings. The van der Waals surface area contributed by atoms with E-state index in [4.69, 9.17) is 10.5 Å². The Hall–Kier alpha value is -2.49. The third kappa shape index (κ3) is 5.61. The lowest BCUT2D eigenvalue weighted by Crippen LogP contribution is -2.36. The molecule has 1 unspecified atom stereocenters. The minimum absolute atomic E-state index is 0.124. The van der Waals surface area contributed by atoms with E-state index in [0.717, 1.165) is 29.4 Å². The number of aliphatic hydroxyl groups is 1. The van der Waals surface area contributed by atoms with Crippen LogP contribution >= 0.6 is 11.3 Å². The number of hydrogen-bond acceptors (Lipinski definition) is 6. The molecule has 0 saturated heterocycles. The van der Waals surface area contributed by atoms with Gasteiger partial charge in [0.15, 0.2) is 0 Å². The monoisotopic (exact) mass is 451 g/mol. The molecule has 0 aliphatic carbocycles. The minimum atomic E-state index is -4.59. The predicted octanol–water partition coefficient (Wildman–Crippen LogP) is 4.57. The lowest BCUT2D eigenvalue weighted by molar-refractivity contribution is -0.138. The van der Waals surface area contributed by atoms with E-state index in [1.54, 1.807) is 6.92 Å². The number of halogens is 3. The first kappa shape index (κ1) is 23.2. The van der Waals surface area contributed by atoms with Gasteiger partial charge in [-0.25, -0.2) is 0 Å². The van der Waals surface area contributed by atoms with Crippen molar-refractivity contribution in [3.63, 3.8) is 0 Å². The van der Waals surface area contributed by atoms with E-state index in [9.17, 15) is 18.3 Å². The van der Waals surface area contributed by atoms with E-state index in [2.05, 4.69) is 17.1 Å². The summed E-state index contributed by atoms with van der Waals surface area (Å²) in [6.07, 6.45) is -3.16. The van der Waals surface area contributed by atoms with Crippen LogP contribution in [0.1, 0.15) is 35.5 Å². The van der Waals surface area contributed by atoms with Crippen LogP contribution in [0.15, 0.2) is 42.5 Å². The fourth-order valence-electron chi connectivity index (χ4n) is 2.87. The number of aliphatic hydroxyl groups excluding tert-OH is 1. The molecule has 1 heterocycles. The lowest BCUT2D eigenvalue weighted by atomic mass is 10.1. The molecule has 9 heteroatoms. The molecule has 0 aliphatic heterocycles. The van der Waals surface area contributed by atoms with Crippen molar-refractivity contribution in [2.75, 3.05) is 13.2 Å². The van der Waals surface area contributed by atoms with Crippen LogP contribution in [-0.4, -0.2) is 28.5 Å². The van der Waals surface area contributed by atoms with Gasteiger partial charge in [-0.2, -0.15) is 13.2 Å². The maximum atomic E-state index is 13.7. The number of rotatable bonds is 8. The average molecular weight is 452 g/mol. The normalized spacial score (nSPS) is 13.8. The zero-order chi connectivity index (χ0) is 22.6. The first-order valence-corrected chi connectivity index (χ1v) is 10.6. The van der Waals surface area contributed by atoms with Gasteiger partial charge in [0.25, 0.3) is 0 Å². The number of aryl methyl sites for hydroxylation is 1. The van der Waals surface area contributed by atoms with E-state index in [1.807, 2.05) is 24.3 Å². The van der Waals surface area contributed by atoms with Gasteiger partial charge in [-0.15, -0.1) is 10.2 Å². The summed E-state index contributed by atoms with van der Waals surface area (Å²) in [4.78, 5) is 0. The number of nitrogens with two attached hydrogens (primary N) is 1. The summed E-state index contributed by atoms with van der Waals surface area (Å²) >= 11 is 1.05. The summed E-state index contributed by atoms with van der Waals surface area (Å²) in [6, 6.07) is 11.7. The third-order valence-corrected chi connectivity index (χ3v) is 6.11. The largest absolute Gasteiger partial charge is 0.493 e. The van der Waals surface area contributed by atoms with Gasteiger partial charge in [-0.05, 0) is 42.7 Å². The van der Waals surface area contributed by atoms with Crippen LogP contribution < -0.4 is 10.5 Å². The molecule has 2 aromatic carbocycles. The highest BCUT2D eigenvalue weighted by molar-refractivity contribution is 7.14. The van der Waals surface area contributed by atoms with Crippen molar-refractivity contribution in [3.05, 3.63) is 64.2 Å². The van der Waals surface area contributed by atoms with Crippen LogP contribution in [-0.2, 0) is 24.6 Å². The van der Waals surface area contributed by atoms with Crippen LogP contribution in [0, 0.1) is 0 Å². The van der Waals surface area contributed by atoms with Gasteiger partial charge < -0.3 is 15.6 Å². The molecule has 166 valence electrons. The predicted molar refractivity (Wildman–Crippen MR) is 114 cm³/mol. The van der Waals surface area contributed by atoms with Crippen LogP contribution in [0.3, 0.4) is 0 Å². The number of benzene rings is 2. The van der Waals surface area contributed by atoms with E-state index in [-0.39, 0.29) is 29.5 Å². The van der Waals surface area contributed by atoms with Crippen molar-refractivity contribution in [1.82, 2.24) is 10.2 Å². The fourth-order valence-corrected chi connectivity index (χ4v) is 3.76. The molecular weight excluding hydrogens is 427 g/mol. The lowest BCUT2D eigenvalue weighted by Gasteiger charge is -2.17. The maximum absolute atomic E-state index is 13.7. The Balaban J connectivity index is 1.78. The van der Waals surface area contributed by atoms with Crippen molar-refractivity contribution >= 4 is 11.3 Å². The van der Waals surface area contributed by atoms with E-state index >= 15 is 0 Å². The Kier molecular flexibility index (Phi) is 6.98. The van der Waals surface area contributed by atoms with Crippen molar-refractivity contribution in [2.45, 2.75) is 38.4 Å². The highest BCUT2D eigenvalue weighted by atomic mass is 32.1. The molecule has 5 nitrogen and oxygen atoms in total.